The number of hydrogen-bond donors (Lipinski definition) is 3. The number of nitrogens with one attached hydrogen (secondary N) is 3. The van der Waals surface area contributed by atoms with E-state index in [0.717, 1.165) is 43.4 Å². The predicted octanol–water partition coefficient (Wildman–Crippen LogP) is 4.27. The third-order valence-electron chi connectivity index (χ3n) is 7.50. The van der Waals surface area contributed by atoms with Gasteiger partial charge in [-0.2, -0.15) is 8.78 Å². The van der Waals surface area contributed by atoms with Crippen molar-refractivity contribution in [1.29, 1.82) is 0 Å². The number of morpholine rings is 1. The van der Waals surface area contributed by atoms with Crippen LogP contribution in [0.15, 0.2) is 30.3 Å². The molecule has 9 nitrogen and oxygen atoms in total. The molecule has 3 N–H and O–H groups in total. The minimum absolute atomic E-state index is 0.0124. The number of ether oxygens (including phenoxy) is 2. The monoisotopic (exact) mass is 596 g/mol. The first kappa shape index (κ1) is 28.7. The molecule has 2 aliphatic carbocycles. The minimum atomic E-state index is -3.14. The molecule has 216 valence electrons. The van der Waals surface area contributed by atoms with Gasteiger partial charge < -0.3 is 30.3 Å². The molecule has 2 atom stereocenters. The lowest BCUT2D eigenvalue weighted by Gasteiger charge is -2.37. The van der Waals surface area contributed by atoms with Crippen molar-refractivity contribution in [2.24, 2.45) is 11.8 Å². The zero-order valence-electron chi connectivity index (χ0n) is 21.7. The molecule has 2 saturated carbocycles. The molecule has 1 aliphatic heterocycles. The molecule has 0 radical (unpaired) electrons. The average molecular weight is 597 g/mol. The van der Waals surface area contributed by atoms with Gasteiger partial charge in [-0.3, -0.25) is 14.4 Å². The number of anilines is 2. The Bertz CT molecular complexity index is 1240. The van der Waals surface area contributed by atoms with E-state index in [9.17, 15) is 23.2 Å². The average Bonchev–Trinajstić information content (AvgIpc) is 3.65. The summed E-state index contributed by atoms with van der Waals surface area (Å²) in [4.78, 5) is 40.4. The number of hydrogen-bond acceptors (Lipinski definition) is 7. The summed E-state index contributed by atoms with van der Waals surface area (Å²) in [5.74, 6) is -0.504. The van der Waals surface area contributed by atoms with E-state index in [4.69, 9.17) is 21.1 Å². The molecule has 2 aromatic rings. The van der Waals surface area contributed by atoms with Crippen molar-refractivity contribution >= 4 is 52.0 Å². The van der Waals surface area contributed by atoms with Crippen molar-refractivity contribution in [3.05, 3.63) is 39.5 Å². The topological polar surface area (TPSA) is 109 Å². The lowest BCUT2D eigenvalue weighted by Crippen LogP contribution is -2.55. The van der Waals surface area contributed by atoms with Crippen LogP contribution in [0.1, 0.15) is 41.8 Å². The van der Waals surface area contributed by atoms with E-state index in [2.05, 4.69) is 16.0 Å². The van der Waals surface area contributed by atoms with E-state index in [1.165, 1.54) is 17.0 Å². The number of halogens is 3. The molecule has 40 heavy (non-hydrogen) atoms. The summed E-state index contributed by atoms with van der Waals surface area (Å²) >= 11 is 7.10. The lowest BCUT2D eigenvalue weighted by atomic mass is 9.77. The number of carbonyl (C=O) groups is 3. The molecule has 1 unspecified atom stereocenters. The second kappa shape index (κ2) is 12.8. The van der Waals surface area contributed by atoms with Gasteiger partial charge in [-0.15, -0.1) is 11.3 Å². The van der Waals surface area contributed by atoms with Crippen molar-refractivity contribution < 1.29 is 32.6 Å². The number of carbonyl (C=O) groups excluding carboxylic acids is 3. The standard InChI is InChI=1S/C27H31ClF2N4O5S/c28-22-9-8-21(40-22)26(37)31-13-19(32-24(16-4-5-16)15-2-1-3-15)25(36)33-18-7-6-17(12-20(18)39-27(29)30)34-10-11-38-14-23(34)35/h6-9,12,15-16,19,24,27,32H,1-5,10-11,13-14H2,(H,31,37)(H,33,36)/t19-,24?/m0/s1. The summed E-state index contributed by atoms with van der Waals surface area (Å²) in [7, 11) is 0. The first-order valence-electron chi connectivity index (χ1n) is 13.4. The Hall–Kier alpha value is -2.80. The van der Waals surface area contributed by atoms with Crippen molar-refractivity contribution in [2.45, 2.75) is 50.8 Å². The maximum Gasteiger partial charge on any atom is 0.387 e. The first-order valence-corrected chi connectivity index (χ1v) is 14.6. The van der Waals surface area contributed by atoms with Gasteiger partial charge in [0.25, 0.3) is 11.8 Å². The maximum atomic E-state index is 13.6. The SMILES string of the molecule is O=C(NC[C@H](NC(C1CCC1)C1CC1)C(=O)Nc1ccc(N2CCOCC2=O)cc1OC(F)F)c1ccc(Cl)s1. The number of benzene rings is 1. The number of thiophene rings is 1. The fraction of sp³-hybridized carbons (Fsp3) is 0.519. The molecule has 2 heterocycles. The fourth-order valence-electron chi connectivity index (χ4n) is 5.08. The van der Waals surface area contributed by atoms with Crippen molar-refractivity contribution in [2.75, 3.05) is 36.5 Å². The van der Waals surface area contributed by atoms with Gasteiger partial charge in [0, 0.05) is 30.9 Å². The second-order valence-electron chi connectivity index (χ2n) is 10.2. The summed E-state index contributed by atoms with van der Waals surface area (Å²) in [6, 6.07) is 6.83. The lowest BCUT2D eigenvalue weighted by molar-refractivity contribution is -0.125. The van der Waals surface area contributed by atoms with Crippen LogP contribution in [0.3, 0.4) is 0 Å². The minimum Gasteiger partial charge on any atom is -0.433 e. The Morgan fingerprint density at radius 1 is 1.15 bits per heavy atom. The van der Waals surface area contributed by atoms with E-state index in [0.29, 0.717) is 33.3 Å². The van der Waals surface area contributed by atoms with Gasteiger partial charge in [0.05, 0.1) is 21.5 Å². The number of rotatable bonds is 12. The van der Waals surface area contributed by atoms with Gasteiger partial charge in [0.2, 0.25) is 5.91 Å². The van der Waals surface area contributed by atoms with E-state index in [1.807, 2.05) is 0 Å². The Morgan fingerprint density at radius 2 is 1.93 bits per heavy atom. The summed E-state index contributed by atoms with van der Waals surface area (Å²) in [5, 5.41) is 8.99. The molecule has 1 saturated heterocycles. The molecular formula is C27H31ClF2N4O5S. The molecule has 0 bridgehead atoms. The predicted molar refractivity (Wildman–Crippen MR) is 147 cm³/mol. The van der Waals surface area contributed by atoms with Crippen LogP contribution in [0.5, 0.6) is 5.75 Å². The van der Waals surface area contributed by atoms with Crippen LogP contribution in [-0.2, 0) is 14.3 Å². The summed E-state index contributed by atoms with van der Waals surface area (Å²) in [6.07, 6.45) is 5.47. The highest BCUT2D eigenvalue weighted by molar-refractivity contribution is 7.18. The summed E-state index contributed by atoms with van der Waals surface area (Å²) < 4.78 is 37.0. The van der Waals surface area contributed by atoms with Crippen LogP contribution >= 0.6 is 22.9 Å². The van der Waals surface area contributed by atoms with Gasteiger partial charge in [0.1, 0.15) is 12.6 Å². The third kappa shape index (κ3) is 7.09. The molecule has 5 rings (SSSR count). The Kier molecular flexibility index (Phi) is 9.19. The fourth-order valence-corrected chi connectivity index (χ4v) is 6.04. The molecule has 3 fully saturated rings. The van der Waals surface area contributed by atoms with Crippen molar-refractivity contribution in [3.63, 3.8) is 0 Å². The zero-order valence-corrected chi connectivity index (χ0v) is 23.2. The molecule has 3 amide bonds. The molecule has 1 aromatic carbocycles. The van der Waals surface area contributed by atoms with Crippen LogP contribution in [0.2, 0.25) is 4.34 Å². The van der Waals surface area contributed by atoms with Crippen LogP contribution in [0.4, 0.5) is 20.2 Å². The normalized spacial score (nSPS) is 19.2. The van der Waals surface area contributed by atoms with Crippen LogP contribution < -0.4 is 25.6 Å². The van der Waals surface area contributed by atoms with E-state index in [1.54, 1.807) is 18.2 Å². The van der Waals surface area contributed by atoms with E-state index >= 15 is 0 Å². The van der Waals surface area contributed by atoms with Gasteiger partial charge >= 0.3 is 6.61 Å². The first-order chi connectivity index (χ1) is 19.3. The Balaban J connectivity index is 1.34. The van der Waals surface area contributed by atoms with E-state index < -0.39 is 18.6 Å². The highest BCUT2D eigenvalue weighted by Gasteiger charge is 2.41. The number of alkyl halides is 2. The van der Waals surface area contributed by atoms with Gasteiger partial charge in [-0.1, -0.05) is 18.0 Å². The smallest absolute Gasteiger partial charge is 0.387 e. The quantitative estimate of drug-likeness (QED) is 0.338. The zero-order chi connectivity index (χ0) is 28.2. The molecule has 1 aromatic heterocycles. The van der Waals surface area contributed by atoms with Crippen LogP contribution in [0.25, 0.3) is 0 Å². The largest absolute Gasteiger partial charge is 0.433 e. The summed E-state index contributed by atoms with van der Waals surface area (Å²) in [5.41, 5.74) is 0.391. The van der Waals surface area contributed by atoms with Gasteiger partial charge in [-0.25, -0.2) is 0 Å². The highest BCUT2D eigenvalue weighted by atomic mass is 35.5. The van der Waals surface area contributed by atoms with Crippen molar-refractivity contribution in [1.82, 2.24) is 10.6 Å². The summed E-state index contributed by atoms with van der Waals surface area (Å²) in [6.45, 7) is -2.68. The number of nitrogens with zero attached hydrogens (tertiary/aromatic N) is 1. The Morgan fingerprint density at radius 3 is 2.55 bits per heavy atom. The maximum absolute atomic E-state index is 13.6. The van der Waals surface area contributed by atoms with E-state index in [-0.39, 0.29) is 49.0 Å². The van der Waals surface area contributed by atoms with Crippen molar-refractivity contribution in [3.8, 4) is 5.75 Å². The van der Waals surface area contributed by atoms with Gasteiger partial charge in [-0.05, 0) is 61.8 Å². The van der Waals surface area contributed by atoms with Gasteiger partial charge in [0.15, 0.2) is 5.75 Å². The van der Waals surface area contributed by atoms with Crippen LogP contribution in [0, 0.1) is 11.8 Å². The highest BCUT2D eigenvalue weighted by Crippen LogP contribution is 2.42. The molecule has 13 heteroatoms. The molecule has 0 spiro atoms. The second-order valence-corrected chi connectivity index (χ2v) is 11.9. The van der Waals surface area contributed by atoms with Crippen LogP contribution in [-0.4, -0.2) is 62.7 Å². The third-order valence-corrected chi connectivity index (χ3v) is 8.73. The number of amides is 3. The molecule has 3 aliphatic rings. The Labute approximate surface area is 239 Å². The molecular weight excluding hydrogens is 566 g/mol.